The van der Waals surface area contributed by atoms with Gasteiger partial charge in [-0.15, -0.1) is 0 Å². The molecular weight excluding hydrogens is 352 g/mol. The minimum absolute atomic E-state index is 0.621. The summed E-state index contributed by atoms with van der Waals surface area (Å²) in [5.74, 6) is 3.13. The van der Waals surface area contributed by atoms with Crippen LogP contribution in [0, 0.1) is 6.92 Å². The van der Waals surface area contributed by atoms with Crippen molar-refractivity contribution in [3.63, 3.8) is 0 Å². The van der Waals surface area contributed by atoms with Gasteiger partial charge in [0.1, 0.15) is 17.3 Å². The predicted molar refractivity (Wildman–Crippen MR) is 112 cm³/mol. The molecule has 2 aromatic carbocycles. The molecule has 1 aromatic heterocycles. The molecule has 2 N–H and O–H groups in total. The standard InChI is InChI=1S/C22H26N4O2/c1-16-14-21(24-15-18-6-4-5-7-20(18)28-3)26-22(25-16)23-13-12-17-8-10-19(27-2)11-9-17/h4-11,14H,12-13,15H2,1-3H3,(H2,23,24,25,26). The summed E-state index contributed by atoms with van der Waals surface area (Å²) >= 11 is 0. The Kier molecular flexibility index (Phi) is 6.68. The van der Waals surface area contributed by atoms with E-state index in [1.807, 2.05) is 49.4 Å². The van der Waals surface area contributed by atoms with Crippen LogP contribution in [0.3, 0.4) is 0 Å². The van der Waals surface area contributed by atoms with Gasteiger partial charge in [0.25, 0.3) is 0 Å². The molecule has 0 spiro atoms. The molecule has 0 atom stereocenters. The predicted octanol–water partition coefficient (Wildman–Crippen LogP) is 4.07. The van der Waals surface area contributed by atoms with E-state index < -0.39 is 0 Å². The third-order valence-electron chi connectivity index (χ3n) is 4.36. The van der Waals surface area contributed by atoms with Gasteiger partial charge in [0.05, 0.1) is 14.2 Å². The van der Waals surface area contributed by atoms with Gasteiger partial charge in [-0.1, -0.05) is 30.3 Å². The summed E-state index contributed by atoms with van der Waals surface area (Å²) in [6.45, 7) is 3.35. The third-order valence-corrected chi connectivity index (χ3v) is 4.36. The lowest BCUT2D eigenvalue weighted by molar-refractivity contribution is 0.410. The Bertz CT molecular complexity index is 897. The molecule has 3 aromatic rings. The molecule has 0 aliphatic rings. The number of methoxy groups -OCH3 is 2. The van der Waals surface area contributed by atoms with Gasteiger partial charge in [0.15, 0.2) is 0 Å². The van der Waals surface area contributed by atoms with Crippen molar-refractivity contribution in [3.8, 4) is 11.5 Å². The SMILES string of the molecule is COc1ccc(CCNc2nc(C)cc(NCc3ccccc3OC)n2)cc1. The van der Waals surface area contributed by atoms with Gasteiger partial charge in [-0.3, -0.25) is 0 Å². The lowest BCUT2D eigenvalue weighted by Crippen LogP contribution is -2.11. The molecule has 0 saturated carbocycles. The Labute approximate surface area is 166 Å². The summed E-state index contributed by atoms with van der Waals surface area (Å²) in [6, 6.07) is 18.0. The first-order valence-electron chi connectivity index (χ1n) is 9.26. The first-order chi connectivity index (χ1) is 13.7. The van der Waals surface area contributed by atoms with E-state index in [4.69, 9.17) is 9.47 Å². The quantitative estimate of drug-likeness (QED) is 0.585. The lowest BCUT2D eigenvalue weighted by Gasteiger charge is -2.12. The maximum Gasteiger partial charge on any atom is 0.224 e. The number of benzene rings is 2. The molecule has 0 radical (unpaired) electrons. The molecular formula is C22H26N4O2. The van der Waals surface area contributed by atoms with E-state index in [1.165, 1.54) is 5.56 Å². The van der Waals surface area contributed by atoms with Crippen molar-refractivity contribution in [1.29, 1.82) is 0 Å². The summed E-state index contributed by atoms with van der Waals surface area (Å²) < 4.78 is 10.6. The van der Waals surface area contributed by atoms with Crippen molar-refractivity contribution >= 4 is 11.8 Å². The molecule has 0 saturated heterocycles. The number of rotatable bonds is 9. The zero-order valence-corrected chi connectivity index (χ0v) is 16.5. The highest BCUT2D eigenvalue weighted by Crippen LogP contribution is 2.19. The van der Waals surface area contributed by atoms with Crippen molar-refractivity contribution < 1.29 is 9.47 Å². The number of hydrogen-bond acceptors (Lipinski definition) is 6. The van der Waals surface area contributed by atoms with Crippen LogP contribution in [0.5, 0.6) is 11.5 Å². The van der Waals surface area contributed by atoms with Crippen LogP contribution in [0.25, 0.3) is 0 Å². The van der Waals surface area contributed by atoms with Gasteiger partial charge in [0.2, 0.25) is 5.95 Å². The van der Waals surface area contributed by atoms with Crippen molar-refractivity contribution in [2.75, 3.05) is 31.4 Å². The second-order valence-electron chi connectivity index (χ2n) is 6.41. The van der Waals surface area contributed by atoms with E-state index >= 15 is 0 Å². The van der Waals surface area contributed by atoms with Crippen LogP contribution >= 0.6 is 0 Å². The summed E-state index contributed by atoms with van der Waals surface area (Å²) in [6.07, 6.45) is 0.880. The summed E-state index contributed by atoms with van der Waals surface area (Å²) in [4.78, 5) is 9.04. The first-order valence-corrected chi connectivity index (χ1v) is 9.26. The van der Waals surface area contributed by atoms with Crippen LogP contribution in [-0.2, 0) is 13.0 Å². The van der Waals surface area contributed by atoms with Crippen LogP contribution in [0.1, 0.15) is 16.8 Å². The highest BCUT2D eigenvalue weighted by Gasteiger charge is 2.05. The number of ether oxygens (including phenoxy) is 2. The average molecular weight is 378 g/mol. The molecule has 28 heavy (non-hydrogen) atoms. The minimum atomic E-state index is 0.621. The number of hydrogen-bond donors (Lipinski definition) is 2. The van der Waals surface area contributed by atoms with Crippen LogP contribution in [-0.4, -0.2) is 30.7 Å². The van der Waals surface area contributed by atoms with Crippen LogP contribution < -0.4 is 20.1 Å². The van der Waals surface area contributed by atoms with E-state index in [1.54, 1.807) is 14.2 Å². The van der Waals surface area contributed by atoms with Gasteiger partial charge in [0, 0.05) is 30.4 Å². The third kappa shape index (κ3) is 5.36. The van der Waals surface area contributed by atoms with E-state index in [2.05, 4.69) is 32.7 Å². The van der Waals surface area contributed by atoms with Crippen molar-refractivity contribution in [2.24, 2.45) is 0 Å². The van der Waals surface area contributed by atoms with Gasteiger partial charge in [-0.05, 0) is 37.1 Å². The zero-order valence-electron chi connectivity index (χ0n) is 16.5. The highest BCUT2D eigenvalue weighted by molar-refractivity contribution is 5.44. The second kappa shape index (κ2) is 9.60. The van der Waals surface area contributed by atoms with Crippen LogP contribution in [0.15, 0.2) is 54.6 Å². The number of anilines is 2. The van der Waals surface area contributed by atoms with Gasteiger partial charge < -0.3 is 20.1 Å². The zero-order chi connectivity index (χ0) is 19.8. The molecule has 6 heteroatoms. The van der Waals surface area contributed by atoms with Crippen molar-refractivity contribution in [2.45, 2.75) is 19.9 Å². The summed E-state index contributed by atoms with van der Waals surface area (Å²) in [7, 11) is 3.35. The molecule has 0 bridgehead atoms. The Morgan fingerprint density at radius 1 is 0.893 bits per heavy atom. The number of nitrogens with one attached hydrogen (secondary N) is 2. The molecule has 0 aliphatic heterocycles. The van der Waals surface area contributed by atoms with E-state index in [0.29, 0.717) is 12.5 Å². The second-order valence-corrected chi connectivity index (χ2v) is 6.41. The van der Waals surface area contributed by atoms with E-state index in [9.17, 15) is 0 Å². The fourth-order valence-corrected chi connectivity index (χ4v) is 2.88. The normalized spacial score (nSPS) is 10.4. The molecule has 6 nitrogen and oxygen atoms in total. The van der Waals surface area contributed by atoms with Gasteiger partial charge in [-0.25, -0.2) is 4.98 Å². The fraction of sp³-hybridized carbons (Fsp3) is 0.273. The van der Waals surface area contributed by atoms with Gasteiger partial charge >= 0.3 is 0 Å². The molecule has 1 heterocycles. The lowest BCUT2D eigenvalue weighted by atomic mass is 10.1. The Morgan fingerprint density at radius 2 is 1.68 bits per heavy atom. The number of nitrogens with zero attached hydrogens (tertiary/aromatic N) is 2. The molecule has 0 unspecified atom stereocenters. The maximum atomic E-state index is 5.40. The monoisotopic (exact) mass is 378 g/mol. The fourth-order valence-electron chi connectivity index (χ4n) is 2.88. The number of para-hydroxylation sites is 1. The Morgan fingerprint density at radius 3 is 2.43 bits per heavy atom. The molecule has 0 fully saturated rings. The average Bonchev–Trinajstić information content (AvgIpc) is 2.72. The van der Waals surface area contributed by atoms with Gasteiger partial charge in [-0.2, -0.15) is 4.98 Å². The smallest absolute Gasteiger partial charge is 0.224 e. The summed E-state index contributed by atoms with van der Waals surface area (Å²) in [5.41, 5.74) is 3.22. The highest BCUT2D eigenvalue weighted by atomic mass is 16.5. The maximum absolute atomic E-state index is 5.40. The topological polar surface area (TPSA) is 68.3 Å². The molecule has 146 valence electrons. The minimum Gasteiger partial charge on any atom is -0.497 e. The van der Waals surface area contributed by atoms with E-state index in [-0.39, 0.29) is 0 Å². The van der Waals surface area contributed by atoms with E-state index in [0.717, 1.165) is 41.5 Å². The first kappa shape index (κ1) is 19.5. The van der Waals surface area contributed by atoms with Crippen molar-refractivity contribution in [3.05, 3.63) is 71.4 Å². The molecule has 3 rings (SSSR count). The number of aryl methyl sites for hydroxylation is 1. The Hall–Kier alpha value is -3.28. The van der Waals surface area contributed by atoms with Crippen LogP contribution in [0.4, 0.5) is 11.8 Å². The Balaban J connectivity index is 1.57. The molecule has 0 amide bonds. The molecule has 0 aliphatic carbocycles. The largest absolute Gasteiger partial charge is 0.497 e. The van der Waals surface area contributed by atoms with Crippen LogP contribution in [0.2, 0.25) is 0 Å². The summed E-state index contributed by atoms with van der Waals surface area (Å²) in [5, 5.41) is 6.66. The number of aromatic nitrogens is 2. The van der Waals surface area contributed by atoms with Crippen molar-refractivity contribution in [1.82, 2.24) is 9.97 Å².